The van der Waals surface area contributed by atoms with Crippen LogP contribution in [-0.2, 0) is 11.2 Å². The van der Waals surface area contributed by atoms with Gasteiger partial charge in [0.2, 0.25) is 5.95 Å². The lowest BCUT2D eigenvalue weighted by Crippen LogP contribution is -2.00. The van der Waals surface area contributed by atoms with Crippen LogP contribution < -0.4 is 5.32 Å². The molecule has 5 nitrogen and oxygen atoms in total. The first-order valence-corrected chi connectivity index (χ1v) is 6.50. The maximum atomic E-state index is 10.6. The number of para-hydroxylation sites is 1. The fraction of sp³-hybridized carbons (Fsp3) is 0.0625. The van der Waals surface area contributed by atoms with Crippen LogP contribution in [0.2, 0.25) is 0 Å². The summed E-state index contributed by atoms with van der Waals surface area (Å²) in [4.78, 5) is 19.3. The summed E-state index contributed by atoms with van der Waals surface area (Å²) < 4.78 is 0. The lowest BCUT2D eigenvalue weighted by Gasteiger charge is -2.06. The molecular formula is C16H13N3O2. The van der Waals surface area contributed by atoms with Crippen LogP contribution in [-0.4, -0.2) is 21.0 Å². The number of carboxylic acids is 1. The highest BCUT2D eigenvalue weighted by molar-refractivity contribution is 5.78. The molecule has 1 aromatic heterocycles. The predicted molar refractivity (Wildman–Crippen MR) is 80.6 cm³/mol. The number of aromatic nitrogens is 2. The number of carboxylic acid groups (broad SMARTS) is 1. The topological polar surface area (TPSA) is 75.1 Å². The first kappa shape index (κ1) is 13.1. The minimum atomic E-state index is -0.839. The summed E-state index contributed by atoms with van der Waals surface area (Å²) in [6.07, 6.45) is 1.79. The van der Waals surface area contributed by atoms with Crippen molar-refractivity contribution in [3.05, 3.63) is 60.3 Å². The molecule has 0 bridgehead atoms. The zero-order valence-corrected chi connectivity index (χ0v) is 11.2. The maximum Gasteiger partial charge on any atom is 0.307 e. The normalized spacial score (nSPS) is 10.5. The molecule has 1 heterocycles. The Hall–Kier alpha value is -2.95. The van der Waals surface area contributed by atoms with Crippen molar-refractivity contribution in [2.24, 2.45) is 0 Å². The van der Waals surface area contributed by atoms with Gasteiger partial charge in [-0.1, -0.05) is 30.3 Å². The Labute approximate surface area is 121 Å². The Kier molecular flexibility index (Phi) is 3.47. The molecule has 3 aromatic rings. The van der Waals surface area contributed by atoms with Crippen molar-refractivity contribution in [3.63, 3.8) is 0 Å². The molecule has 0 aliphatic carbocycles. The summed E-state index contributed by atoms with van der Waals surface area (Å²) >= 11 is 0. The molecule has 0 aliphatic heterocycles. The van der Waals surface area contributed by atoms with Crippen LogP contribution in [0.5, 0.6) is 0 Å². The Morgan fingerprint density at radius 1 is 1.10 bits per heavy atom. The van der Waals surface area contributed by atoms with E-state index in [4.69, 9.17) is 5.11 Å². The molecule has 0 amide bonds. The summed E-state index contributed by atoms with van der Waals surface area (Å²) in [5.74, 6) is -0.326. The third kappa shape index (κ3) is 3.14. The molecule has 0 aliphatic rings. The second kappa shape index (κ2) is 5.58. The summed E-state index contributed by atoms with van der Waals surface area (Å²) in [5.41, 5.74) is 2.45. The highest BCUT2D eigenvalue weighted by atomic mass is 16.4. The van der Waals surface area contributed by atoms with Gasteiger partial charge in [0.25, 0.3) is 0 Å². The van der Waals surface area contributed by atoms with E-state index in [0.29, 0.717) is 5.95 Å². The van der Waals surface area contributed by atoms with Gasteiger partial charge in [-0.3, -0.25) is 4.79 Å². The van der Waals surface area contributed by atoms with E-state index in [1.807, 2.05) is 36.4 Å². The van der Waals surface area contributed by atoms with Gasteiger partial charge >= 0.3 is 5.97 Å². The third-order valence-corrected chi connectivity index (χ3v) is 3.05. The highest BCUT2D eigenvalue weighted by Gasteiger charge is 2.02. The number of benzene rings is 2. The van der Waals surface area contributed by atoms with E-state index in [1.54, 1.807) is 18.3 Å². The Morgan fingerprint density at radius 3 is 2.62 bits per heavy atom. The van der Waals surface area contributed by atoms with Gasteiger partial charge in [-0.25, -0.2) is 9.97 Å². The monoisotopic (exact) mass is 279 g/mol. The zero-order valence-electron chi connectivity index (χ0n) is 11.2. The van der Waals surface area contributed by atoms with Gasteiger partial charge in [-0.2, -0.15) is 0 Å². The van der Waals surface area contributed by atoms with E-state index in [0.717, 1.165) is 22.2 Å². The molecule has 0 saturated heterocycles. The third-order valence-electron chi connectivity index (χ3n) is 3.05. The fourth-order valence-electron chi connectivity index (χ4n) is 2.04. The maximum absolute atomic E-state index is 10.6. The molecule has 21 heavy (non-hydrogen) atoms. The highest BCUT2D eigenvalue weighted by Crippen LogP contribution is 2.17. The molecule has 104 valence electrons. The van der Waals surface area contributed by atoms with Crippen LogP contribution in [0.3, 0.4) is 0 Å². The van der Waals surface area contributed by atoms with Crippen molar-refractivity contribution < 1.29 is 9.90 Å². The van der Waals surface area contributed by atoms with Crippen LogP contribution in [0.4, 0.5) is 11.6 Å². The average Bonchev–Trinajstić information content (AvgIpc) is 2.49. The van der Waals surface area contributed by atoms with E-state index in [9.17, 15) is 4.79 Å². The van der Waals surface area contributed by atoms with Crippen LogP contribution >= 0.6 is 0 Å². The number of anilines is 2. The smallest absolute Gasteiger partial charge is 0.307 e. The lowest BCUT2D eigenvalue weighted by molar-refractivity contribution is -0.136. The quantitative estimate of drug-likeness (QED) is 0.768. The number of carbonyl (C=O) groups is 1. The average molecular weight is 279 g/mol. The second-order valence-corrected chi connectivity index (χ2v) is 4.64. The number of hydrogen-bond acceptors (Lipinski definition) is 4. The predicted octanol–water partition coefficient (Wildman–Crippen LogP) is 3.00. The molecule has 0 fully saturated rings. The standard InChI is InChI=1S/C16H13N3O2/c20-15(21)9-11-5-7-13(8-6-11)18-16-17-10-12-3-1-2-4-14(12)19-16/h1-8,10H,9H2,(H,20,21)(H,17,18,19). The van der Waals surface area contributed by atoms with Gasteiger partial charge in [0.15, 0.2) is 0 Å². The van der Waals surface area contributed by atoms with Gasteiger partial charge in [-0.15, -0.1) is 0 Å². The molecule has 0 spiro atoms. The van der Waals surface area contributed by atoms with Crippen molar-refractivity contribution in [1.29, 1.82) is 0 Å². The summed E-state index contributed by atoms with van der Waals surface area (Å²) in [7, 11) is 0. The van der Waals surface area contributed by atoms with Gasteiger partial charge in [0.1, 0.15) is 0 Å². The van der Waals surface area contributed by atoms with Crippen molar-refractivity contribution in [2.45, 2.75) is 6.42 Å². The second-order valence-electron chi connectivity index (χ2n) is 4.64. The number of nitrogens with zero attached hydrogens (tertiary/aromatic N) is 2. The van der Waals surface area contributed by atoms with Gasteiger partial charge < -0.3 is 10.4 Å². The number of fused-ring (bicyclic) bond motifs is 1. The molecular weight excluding hydrogens is 266 g/mol. The first-order chi connectivity index (χ1) is 10.2. The van der Waals surface area contributed by atoms with Crippen molar-refractivity contribution in [1.82, 2.24) is 9.97 Å². The van der Waals surface area contributed by atoms with E-state index in [-0.39, 0.29) is 6.42 Å². The minimum Gasteiger partial charge on any atom is -0.481 e. The number of aliphatic carboxylic acids is 1. The van der Waals surface area contributed by atoms with Gasteiger partial charge in [0, 0.05) is 17.3 Å². The largest absolute Gasteiger partial charge is 0.481 e. The zero-order chi connectivity index (χ0) is 14.7. The molecule has 3 rings (SSSR count). The molecule has 0 atom stereocenters. The number of nitrogens with one attached hydrogen (secondary N) is 1. The molecule has 0 unspecified atom stereocenters. The summed E-state index contributed by atoms with van der Waals surface area (Å²) in [6.45, 7) is 0. The van der Waals surface area contributed by atoms with Gasteiger partial charge in [-0.05, 0) is 23.8 Å². The summed E-state index contributed by atoms with van der Waals surface area (Å²) in [5, 5.41) is 12.8. The van der Waals surface area contributed by atoms with E-state index >= 15 is 0 Å². The fourth-order valence-corrected chi connectivity index (χ4v) is 2.04. The Balaban J connectivity index is 1.79. The SMILES string of the molecule is O=C(O)Cc1ccc(Nc2ncc3ccccc3n2)cc1. The van der Waals surface area contributed by atoms with E-state index in [1.165, 1.54) is 0 Å². The van der Waals surface area contributed by atoms with Crippen molar-refractivity contribution >= 4 is 28.5 Å². The van der Waals surface area contributed by atoms with Crippen LogP contribution in [0.15, 0.2) is 54.7 Å². The van der Waals surface area contributed by atoms with E-state index in [2.05, 4.69) is 15.3 Å². The molecule has 0 radical (unpaired) electrons. The van der Waals surface area contributed by atoms with Crippen molar-refractivity contribution in [3.8, 4) is 0 Å². The number of rotatable bonds is 4. The lowest BCUT2D eigenvalue weighted by atomic mass is 10.1. The Bertz CT molecular complexity index is 785. The van der Waals surface area contributed by atoms with Crippen LogP contribution in [0.25, 0.3) is 10.9 Å². The van der Waals surface area contributed by atoms with Crippen LogP contribution in [0, 0.1) is 0 Å². The van der Waals surface area contributed by atoms with Crippen LogP contribution in [0.1, 0.15) is 5.56 Å². The van der Waals surface area contributed by atoms with Gasteiger partial charge in [0.05, 0.1) is 11.9 Å². The molecule has 0 saturated carbocycles. The number of hydrogen-bond donors (Lipinski definition) is 2. The Morgan fingerprint density at radius 2 is 1.86 bits per heavy atom. The van der Waals surface area contributed by atoms with Crippen molar-refractivity contribution in [2.75, 3.05) is 5.32 Å². The molecule has 2 N–H and O–H groups in total. The minimum absolute atomic E-state index is 0.0206. The van der Waals surface area contributed by atoms with E-state index < -0.39 is 5.97 Å². The first-order valence-electron chi connectivity index (χ1n) is 6.50. The summed E-state index contributed by atoms with van der Waals surface area (Å²) in [6, 6.07) is 14.9. The molecule has 5 heteroatoms. The molecule has 2 aromatic carbocycles.